The maximum absolute atomic E-state index is 6.05. The van der Waals surface area contributed by atoms with Gasteiger partial charge in [0.1, 0.15) is 0 Å². The van der Waals surface area contributed by atoms with Crippen molar-refractivity contribution in [2.24, 2.45) is 0 Å². The van der Waals surface area contributed by atoms with E-state index in [9.17, 15) is 0 Å². The molecule has 0 spiro atoms. The molecule has 1 rings (SSSR count). The molecule has 0 amide bonds. The highest BCUT2D eigenvalue weighted by Crippen LogP contribution is 2.27. The summed E-state index contributed by atoms with van der Waals surface area (Å²) < 4.78 is 1.01. The second-order valence-corrected chi connectivity index (χ2v) is 5.33. The number of benzene rings is 1. The van der Waals surface area contributed by atoms with Crippen molar-refractivity contribution >= 4 is 27.5 Å². The molecule has 0 aliphatic carbocycles. The van der Waals surface area contributed by atoms with Crippen molar-refractivity contribution in [2.75, 3.05) is 6.54 Å². The number of nitrogens with one attached hydrogen (secondary N) is 1. The van der Waals surface area contributed by atoms with Crippen molar-refractivity contribution in [3.63, 3.8) is 0 Å². The number of hydrogen-bond acceptors (Lipinski definition) is 1. The summed E-state index contributed by atoms with van der Waals surface area (Å²) in [6.07, 6.45) is 0.931. The molecule has 1 unspecified atom stereocenters. The molecule has 0 saturated carbocycles. The Hall–Kier alpha value is -0.310. The smallest absolute Gasteiger partial charge is 0.0420 e. The first-order chi connectivity index (χ1) is 7.52. The first-order valence-corrected chi connectivity index (χ1v) is 6.53. The lowest BCUT2D eigenvalue weighted by Gasteiger charge is -2.19. The van der Waals surface area contributed by atoms with Crippen molar-refractivity contribution in [3.8, 4) is 0 Å². The van der Waals surface area contributed by atoms with E-state index in [4.69, 9.17) is 11.6 Å². The second kappa shape index (κ2) is 6.43. The molecular formula is C13H17BrClN. The van der Waals surface area contributed by atoms with Gasteiger partial charge in [0, 0.05) is 15.5 Å². The quantitative estimate of drug-likeness (QED) is 0.776. The Kier molecular flexibility index (Phi) is 5.53. The van der Waals surface area contributed by atoms with Gasteiger partial charge >= 0.3 is 0 Å². The van der Waals surface area contributed by atoms with Gasteiger partial charge in [-0.25, -0.2) is 0 Å². The predicted molar refractivity (Wildman–Crippen MR) is 75.0 cm³/mol. The van der Waals surface area contributed by atoms with Crippen LogP contribution < -0.4 is 5.32 Å². The lowest BCUT2D eigenvalue weighted by atomic mass is 10.0. The van der Waals surface area contributed by atoms with Gasteiger partial charge in [0.2, 0.25) is 0 Å². The fourth-order valence-electron chi connectivity index (χ4n) is 1.68. The topological polar surface area (TPSA) is 12.0 Å². The lowest BCUT2D eigenvalue weighted by molar-refractivity contribution is 0.548. The summed E-state index contributed by atoms with van der Waals surface area (Å²) in [6.45, 7) is 9.04. The van der Waals surface area contributed by atoms with E-state index in [2.05, 4.69) is 40.8 Å². The zero-order valence-electron chi connectivity index (χ0n) is 9.69. The normalized spacial score (nSPS) is 12.5. The van der Waals surface area contributed by atoms with Crippen LogP contribution in [0.2, 0.25) is 5.02 Å². The average Bonchev–Trinajstić information content (AvgIpc) is 2.14. The third kappa shape index (κ3) is 4.28. The van der Waals surface area contributed by atoms with E-state index in [0.717, 1.165) is 22.5 Å². The first-order valence-electron chi connectivity index (χ1n) is 5.36. The minimum atomic E-state index is 0.289. The molecule has 1 aromatic carbocycles. The molecule has 0 radical (unpaired) electrons. The second-order valence-electron chi connectivity index (χ2n) is 3.97. The highest BCUT2D eigenvalue weighted by molar-refractivity contribution is 9.10. The summed E-state index contributed by atoms with van der Waals surface area (Å²) >= 11 is 9.51. The van der Waals surface area contributed by atoms with Crippen LogP contribution in [-0.2, 0) is 0 Å². The molecular weight excluding hydrogens is 286 g/mol. The van der Waals surface area contributed by atoms with Gasteiger partial charge in [-0.15, -0.1) is 6.58 Å². The van der Waals surface area contributed by atoms with Crippen LogP contribution in [0.4, 0.5) is 0 Å². The van der Waals surface area contributed by atoms with Gasteiger partial charge in [0.05, 0.1) is 0 Å². The highest BCUT2D eigenvalue weighted by atomic mass is 79.9. The van der Waals surface area contributed by atoms with Gasteiger partial charge in [-0.1, -0.05) is 40.0 Å². The van der Waals surface area contributed by atoms with Crippen LogP contribution in [0.1, 0.15) is 31.9 Å². The Balaban J connectivity index is 2.95. The van der Waals surface area contributed by atoms with Crippen molar-refractivity contribution < 1.29 is 0 Å². The zero-order valence-corrected chi connectivity index (χ0v) is 12.0. The summed E-state index contributed by atoms with van der Waals surface area (Å²) in [5.74, 6) is 0. The molecule has 0 saturated heterocycles. The molecule has 1 aromatic rings. The molecule has 0 heterocycles. The van der Waals surface area contributed by atoms with E-state index in [1.54, 1.807) is 0 Å². The van der Waals surface area contributed by atoms with Crippen LogP contribution in [0.15, 0.2) is 34.8 Å². The minimum Gasteiger partial charge on any atom is -0.310 e. The zero-order chi connectivity index (χ0) is 12.1. The van der Waals surface area contributed by atoms with Gasteiger partial charge in [-0.2, -0.15) is 0 Å². The van der Waals surface area contributed by atoms with Gasteiger partial charge < -0.3 is 5.32 Å². The molecule has 16 heavy (non-hydrogen) atoms. The van der Waals surface area contributed by atoms with E-state index < -0.39 is 0 Å². The maximum Gasteiger partial charge on any atom is 0.0420 e. The molecule has 0 aliphatic heterocycles. The fourth-order valence-corrected chi connectivity index (χ4v) is 2.57. The van der Waals surface area contributed by atoms with Crippen LogP contribution in [-0.4, -0.2) is 6.54 Å². The summed E-state index contributed by atoms with van der Waals surface area (Å²) in [4.78, 5) is 0. The van der Waals surface area contributed by atoms with E-state index in [-0.39, 0.29) is 6.04 Å². The van der Waals surface area contributed by atoms with E-state index >= 15 is 0 Å². The highest BCUT2D eigenvalue weighted by Gasteiger charge is 2.11. The van der Waals surface area contributed by atoms with Crippen molar-refractivity contribution in [3.05, 3.63) is 45.4 Å². The molecule has 0 aliphatic rings. The van der Waals surface area contributed by atoms with E-state index in [1.807, 2.05) is 19.1 Å². The first kappa shape index (κ1) is 13.8. The molecule has 1 nitrogen and oxygen atoms in total. The SMILES string of the molecule is C=C(C)CC(NCC)c1cc(Cl)cc(Br)c1. The van der Waals surface area contributed by atoms with Gasteiger partial charge in [-0.3, -0.25) is 0 Å². The summed E-state index contributed by atoms with van der Waals surface area (Å²) in [6, 6.07) is 6.29. The summed E-state index contributed by atoms with van der Waals surface area (Å²) in [5.41, 5.74) is 2.37. The lowest BCUT2D eigenvalue weighted by Crippen LogP contribution is -2.21. The predicted octanol–water partition coefficient (Wildman–Crippen LogP) is 4.72. The fraction of sp³-hybridized carbons (Fsp3) is 0.385. The van der Waals surface area contributed by atoms with Crippen LogP contribution >= 0.6 is 27.5 Å². The van der Waals surface area contributed by atoms with E-state index in [0.29, 0.717) is 0 Å². The largest absolute Gasteiger partial charge is 0.310 e. The monoisotopic (exact) mass is 301 g/mol. The molecule has 0 fully saturated rings. The number of rotatable bonds is 5. The Labute approximate surface area is 111 Å². The average molecular weight is 303 g/mol. The molecule has 1 atom stereocenters. The minimum absolute atomic E-state index is 0.289. The Morgan fingerprint density at radius 1 is 1.50 bits per heavy atom. The molecule has 0 bridgehead atoms. The Bertz CT molecular complexity index is 356. The summed E-state index contributed by atoms with van der Waals surface area (Å²) in [5, 5.41) is 4.20. The van der Waals surface area contributed by atoms with Crippen molar-refractivity contribution in [2.45, 2.75) is 26.3 Å². The maximum atomic E-state index is 6.05. The van der Waals surface area contributed by atoms with Crippen LogP contribution in [0.5, 0.6) is 0 Å². The van der Waals surface area contributed by atoms with Gasteiger partial charge in [-0.05, 0) is 43.7 Å². The standard InChI is InChI=1S/C13H17BrClN/c1-4-16-13(5-9(2)3)10-6-11(14)8-12(15)7-10/h6-8,13,16H,2,4-5H2,1,3H3. The Morgan fingerprint density at radius 2 is 2.19 bits per heavy atom. The molecule has 3 heteroatoms. The van der Waals surface area contributed by atoms with Crippen molar-refractivity contribution in [1.82, 2.24) is 5.32 Å². The van der Waals surface area contributed by atoms with Crippen LogP contribution in [0.25, 0.3) is 0 Å². The third-order valence-corrected chi connectivity index (χ3v) is 2.97. The van der Waals surface area contributed by atoms with Crippen molar-refractivity contribution in [1.29, 1.82) is 0 Å². The third-order valence-electron chi connectivity index (χ3n) is 2.29. The molecule has 0 aromatic heterocycles. The van der Waals surface area contributed by atoms with Gasteiger partial charge in [0.25, 0.3) is 0 Å². The molecule has 88 valence electrons. The number of halogens is 2. The summed E-state index contributed by atoms with van der Waals surface area (Å²) in [7, 11) is 0. The Morgan fingerprint density at radius 3 is 2.69 bits per heavy atom. The number of hydrogen-bond donors (Lipinski definition) is 1. The van der Waals surface area contributed by atoms with Crippen LogP contribution in [0.3, 0.4) is 0 Å². The molecule has 1 N–H and O–H groups in total. The van der Waals surface area contributed by atoms with Crippen LogP contribution in [0, 0.1) is 0 Å². The van der Waals surface area contributed by atoms with E-state index in [1.165, 1.54) is 11.1 Å². The van der Waals surface area contributed by atoms with Gasteiger partial charge in [0.15, 0.2) is 0 Å².